The van der Waals surface area contributed by atoms with Gasteiger partial charge in [-0.15, -0.1) is 0 Å². The summed E-state index contributed by atoms with van der Waals surface area (Å²) in [6, 6.07) is 7.09. The van der Waals surface area contributed by atoms with Crippen molar-refractivity contribution >= 4 is 0 Å². The smallest absolute Gasteiger partial charge is 0.0445 e. The summed E-state index contributed by atoms with van der Waals surface area (Å²) in [6.45, 7) is 5.23. The maximum Gasteiger partial charge on any atom is 0.0445 e. The van der Waals surface area contributed by atoms with Crippen LogP contribution in [0, 0.1) is 6.92 Å². The lowest BCUT2D eigenvalue weighted by Crippen LogP contribution is -2.39. The molecule has 106 valence electrons. The lowest BCUT2D eigenvalue weighted by Gasteiger charge is -2.36. The topological polar surface area (TPSA) is 49.5 Å². The Bertz CT molecular complexity index is 404. The number of benzene rings is 1. The second-order valence-corrected chi connectivity index (χ2v) is 5.60. The number of piperidine rings is 1. The largest absolute Gasteiger partial charge is 0.396 e. The summed E-state index contributed by atoms with van der Waals surface area (Å²) >= 11 is 0. The minimum atomic E-state index is 0.298. The molecule has 1 aliphatic heterocycles. The molecule has 1 saturated heterocycles. The van der Waals surface area contributed by atoms with Gasteiger partial charge in [0.05, 0.1) is 0 Å². The predicted octanol–water partition coefficient (Wildman–Crippen LogP) is 2.19. The third-order valence-corrected chi connectivity index (χ3v) is 4.23. The molecule has 1 unspecified atom stereocenters. The molecule has 3 heteroatoms. The van der Waals surface area contributed by atoms with Crippen LogP contribution in [0.5, 0.6) is 0 Å². The van der Waals surface area contributed by atoms with E-state index >= 15 is 0 Å². The number of aryl methyl sites for hydroxylation is 1. The monoisotopic (exact) mass is 262 g/mol. The van der Waals surface area contributed by atoms with Gasteiger partial charge in [0.25, 0.3) is 0 Å². The molecule has 1 fully saturated rings. The van der Waals surface area contributed by atoms with Crippen molar-refractivity contribution in [3.05, 3.63) is 34.9 Å². The minimum Gasteiger partial charge on any atom is -0.396 e. The number of rotatable bonds is 5. The second-order valence-electron chi connectivity index (χ2n) is 5.60. The Kier molecular flexibility index (Phi) is 5.37. The van der Waals surface area contributed by atoms with E-state index in [0.29, 0.717) is 19.2 Å². The van der Waals surface area contributed by atoms with Crippen LogP contribution in [-0.4, -0.2) is 29.2 Å². The molecular weight excluding hydrogens is 236 g/mol. The summed E-state index contributed by atoms with van der Waals surface area (Å²) in [7, 11) is 0. The van der Waals surface area contributed by atoms with Gasteiger partial charge < -0.3 is 10.8 Å². The van der Waals surface area contributed by atoms with Crippen molar-refractivity contribution in [2.75, 3.05) is 13.2 Å². The Labute approximate surface area is 116 Å². The fraction of sp³-hybridized carbons (Fsp3) is 0.625. The Hall–Kier alpha value is -0.900. The van der Waals surface area contributed by atoms with E-state index in [1.54, 1.807) is 0 Å². The summed E-state index contributed by atoms with van der Waals surface area (Å²) in [5, 5.41) is 9.18. The molecule has 1 aromatic rings. The fourth-order valence-electron chi connectivity index (χ4n) is 3.03. The Morgan fingerprint density at radius 2 is 2.21 bits per heavy atom. The molecular formula is C16H26N2O. The molecule has 0 aliphatic carbocycles. The summed E-state index contributed by atoms with van der Waals surface area (Å²) in [5.74, 6) is 0. The molecule has 0 saturated carbocycles. The molecule has 0 spiro atoms. The number of hydrogen-bond donors (Lipinski definition) is 2. The van der Waals surface area contributed by atoms with Gasteiger partial charge in [-0.05, 0) is 49.4 Å². The number of aliphatic hydroxyl groups is 1. The van der Waals surface area contributed by atoms with Crippen LogP contribution in [0.15, 0.2) is 18.2 Å². The zero-order valence-corrected chi connectivity index (χ0v) is 11.9. The van der Waals surface area contributed by atoms with Crippen molar-refractivity contribution in [2.24, 2.45) is 5.73 Å². The van der Waals surface area contributed by atoms with Gasteiger partial charge in [-0.3, -0.25) is 4.90 Å². The molecule has 19 heavy (non-hydrogen) atoms. The van der Waals surface area contributed by atoms with Crippen molar-refractivity contribution in [1.29, 1.82) is 0 Å². The SMILES string of the molecule is Cc1cc(CN)ccc1CN1CCCCC1CCO. The van der Waals surface area contributed by atoms with Gasteiger partial charge in [0, 0.05) is 25.7 Å². The normalized spacial score (nSPS) is 20.7. The first-order valence-corrected chi connectivity index (χ1v) is 7.38. The summed E-state index contributed by atoms with van der Waals surface area (Å²) in [4.78, 5) is 2.53. The molecule has 1 aliphatic rings. The van der Waals surface area contributed by atoms with E-state index in [1.807, 2.05) is 0 Å². The van der Waals surface area contributed by atoms with E-state index in [9.17, 15) is 5.11 Å². The average molecular weight is 262 g/mol. The van der Waals surface area contributed by atoms with E-state index in [4.69, 9.17) is 5.73 Å². The fourth-order valence-corrected chi connectivity index (χ4v) is 3.03. The molecule has 1 heterocycles. The lowest BCUT2D eigenvalue weighted by atomic mass is 9.97. The highest BCUT2D eigenvalue weighted by atomic mass is 16.3. The number of nitrogens with zero attached hydrogens (tertiary/aromatic N) is 1. The Morgan fingerprint density at radius 3 is 2.89 bits per heavy atom. The number of aliphatic hydroxyl groups excluding tert-OH is 1. The highest BCUT2D eigenvalue weighted by molar-refractivity contribution is 5.31. The van der Waals surface area contributed by atoms with Crippen LogP contribution >= 0.6 is 0 Å². The molecule has 0 radical (unpaired) electrons. The van der Waals surface area contributed by atoms with Gasteiger partial charge in [0.2, 0.25) is 0 Å². The third kappa shape index (κ3) is 3.78. The van der Waals surface area contributed by atoms with Gasteiger partial charge in [0.15, 0.2) is 0 Å². The first-order valence-electron chi connectivity index (χ1n) is 7.38. The number of nitrogens with two attached hydrogens (primary N) is 1. The maximum absolute atomic E-state index is 9.18. The molecule has 0 bridgehead atoms. The summed E-state index contributed by atoms with van der Waals surface area (Å²) in [5.41, 5.74) is 9.60. The lowest BCUT2D eigenvalue weighted by molar-refractivity contribution is 0.112. The number of hydrogen-bond acceptors (Lipinski definition) is 3. The van der Waals surface area contributed by atoms with Crippen LogP contribution in [-0.2, 0) is 13.1 Å². The van der Waals surface area contributed by atoms with Crippen molar-refractivity contribution in [3.63, 3.8) is 0 Å². The van der Waals surface area contributed by atoms with Crippen molar-refractivity contribution in [2.45, 2.75) is 51.7 Å². The third-order valence-electron chi connectivity index (χ3n) is 4.23. The highest BCUT2D eigenvalue weighted by Crippen LogP contribution is 2.23. The zero-order valence-electron chi connectivity index (χ0n) is 11.9. The van der Waals surface area contributed by atoms with Crippen LogP contribution in [0.4, 0.5) is 0 Å². The van der Waals surface area contributed by atoms with Gasteiger partial charge in [0.1, 0.15) is 0 Å². The maximum atomic E-state index is 9.18. The molecule has 3 N–H and O–H groups in total. The molecule has 2 rings (SSSR count). The van der Waals surface area contributed by atoms with Crippen molar-refractivity contribution in [3.8, 4) is 0 Å². The van der Waals surface area contributed by atoms with Gasteiger partial charge in [-0.2, -0.15) is 0 Å². The molecule has 0 aromatic heterocycles. The van der Waals surface area contributed by atoms with Crippen LogP contribution in [0.1, 0.15) is 42.4 Å². The van der Waals surface area contributed by atoms with Gasteiger partial charge >= 0.3 is 0 Å². The van der Waals surface area contributed by atoms with Gasteiger partial charge in [-0.1, -0.05) is 24.6 Å². The van der Waals surface area contributed by atoms with E-state index in [1.165, 1.54) is 36.0 Å². The van der Waals surface area contributed by atoms with Crippen LogP contribution in [0.2, 0.25) is 0 Å². The first kappa shape index (κ1) is 14.5. The number of likely N-dealkylation sites (tertiary alicyclic amines) is 1. The minimum absolute atomic E-state index is 0.298. The van der Waals surface area contributed by atoms with E-state index in [0.717, 1.165) is 19.5 Å². The Morgan fingerprint density at radius 1 is 1.37 bits per heavy atom. The van der Waals surface area contributed by atoms with Crippen LogP contribution in [0.3, 0.4) is 0 Å². The van der Waals surface area contributed by atoms with Crippen LogP contribution < -0.4 is 5.73 Å². The van der Waals surface area contributed by atoms with E-state index in [-0.39, 0.29) is 0 Å². The molecule has 3 nitrogen and oxygen atoms in total. The zero-order chi connectivity index (χ0) is 13.7. The predicted molar refractivity (Wildman–Crippen MR) is 78.8 cm³/mol. The molecule has 1 aromatic carbocycles. The first-order chi connectivity index (χ1) is 9.24. The van der Waals surface area contributed by atoms with Crippen molar-refractivity contribution in [1.82, 2.24) is 4.90 Å². The summed E-state index contributed by atoms with van der Waals surface area (Å²) in [6.07, 6.45) is 4.70. The average Bonchev–Trinajstić information content (AvgIpc) is 2.43. The van der Waals surface area contributed by atoms with Gasteiger partial charge in [-0.25, -0.2) is 0 Å². The Balaban J connectivity index is 2.06. The quantitative estimate of drug-likeness (QED) is 0.855. The van der Waals surface area contributed by atoms with E-state index in [2.05, 4.69) is 30.0 Å². The molecule has 1 atom stereocenters. The molecule has 0 amide bonds. The van der Waals surface area contributed by atoms with E-state index < -0.39 is 0 Å². The summed E-state index contributed by atoms with van der Waals surface area (Å²) < 4.78 is 0. The van der Waals surface area contributed by atoms with Crippen molar-refractivity contribution < 1.29 is 5.11 Å². The van der Waals surface area contributed by atoms with Crippen LogP contribution in [0.25, 0.3) is 0 Å². The standard InChI is InChI=1S/C16H26N2O/c1-13-10-14(11-17)5-6-15(13)12-18-8-3-2-4-16(18)7-9-19/h5-6,10,16,19H,2-4,7-9,11-12,17H2,1H3. The second kappa shape index (κ2) is 7.04. The highest BCUT2D eigenvalue weighted by Gasteiger charge is 2.22.